The largest absolute Gasteiger partial charge is 0.454 e. The number of nitrogens with zero attached hydrogens (tertiary/aromatic N) is 2. The average molecular weight is 423 g/mol. The molecule has 162 valence electrons. The molecule has 8 nitrogen and oxygen atoms in total. The van der Waals surface area contributed by atoms with Crippen LogP contribution < -0.4 is 14.8 Å². The van der Waals surface area contributed by atoms with Crippen molar-refractivity contribution in [3.63, 3.8) is 0 Å². The van der Waals surface area contributed by atoms with Gasteiger partial charge >= 0.3 is 6.03 Å². The number of hydrogen-bond acceptors (Lipinski definition) is 5. The summed E-state index contributed by atoms with van der Waals surface area (Å²) in [6.45, 7) is 2.58. The van der Waals surface area contributed by atoms with Gasteiger partial charge in [-0.05, 0) is 43.0 Å². The number of aryl methyl sites for hydroxylation is 1. The molecule has 1 atom stereocenters. The third kappa shape index (κ3) is 4.63. The molecule has 0 unspecified atom stereocenters. The van der Waals surface area contributed by atoms with Crippen molar-refractivity contribution in [2.45, 2.75) is 32.4 Å². The first-order chi connectivity index (χ1) is 15.0. The molecule has 1 saturated heterocycles. The standard InChI is InChI=1S/C23H25N3O5/c1-2-25(13-17-9-11-19-20(12-17)31-15-30-19)21(27)14-26-22(28)18(24-23(26)29)10-8-16-6-4-3-5-7-16/h3-7,9,11-12,18H,2,8,10,13-15H2,1H3,(H,24,29)/t18-/m1/s1. The van der Waals surface area contributed by atoms with Crippen LogP contribution in [0.15, 0.2) is 48.5 Å². The zero-order valence-electron chi connectivity index (χ0n) is 17.4. The van der Waals surface area contributed by atoms with Gasteiger partial charge in [0.25, 0.3) is 5.91 Å². The maximum atomic E-state index is 12.8. The summed E-state index contributed by atoms with van der Waals surface area (Å²) in [5.74, 6) is 0.691. The molecule has 2 aliphatic rings. The number of amides is 4. The van der Waals surface area contributed by atoms with Gasteiger partial charge in [0.15, 0.2) is 11.5 Å². The van der Waals surface area contributed by atoms with Crippen LogP contribution in [0.2, 0.25) is 0 Å². The smallest absolute Gasteiger partial charge is 0.325 e. The summed E-state index contributed by atoms with van der Waals surface area (Å²) in [5.41, 5.74) is 1.98. The highest BCUT2D eigenvalue weighted by Gasteiger charge is 2.39. The molecule has 0 aliphatic carbocycles. The molecule has 2 aromatic rings. The molecule has 2 aromatic carbocycles. The van der Waals surface area contributed by atoms with E-state index in [-0.39, 0.29) is 25.2 Å². The minimum Gasteiger partial charge on any atom is -0.454 e. The van der Waals surface area contributed by atoms with E-state index in [1.54, 1.807) is 4.90 Å². The Morgan fingerprint density at radius 1 is 1.10 bits per heavy atom. The van der Waals surface area contributed by atoms with Gasteiger partial charge in [0.2, 0.25) is 12.7 Å². The van der Waals surface area contributed by atoms with Gasteiger partial charge in [-0.15, -0.1) is 0 Å². The summed E-state index contributed by atoms with van der Waals surface area (Å²) in [6.07, 6.45) is 1.17. The van der Waals surface area contributed by atoms with Gasteiger partial charge in [0.05, 0.1) is 0 Å². The first kappa shape index (κ1) is 20.7. The van der Waals surface area contributed by atoms with E-state index < -0.39 is 12.1 Å². The second-order valence-electron chi connectivity index (χ2n) is 7.55. The lowest BCUT2D eigenvalue weighted by Crippen LogP contribution is -2.43. The highest BCUT2D eigenvalue weighted by molar-refractivity contribution is 6.06. The summed E-state index contributed by atoms with van der Waals surface area (Å²) >= 11 is 0. The summed E-state index contributed by atoms with van der Waals surface area (Å²) in [7, 11) is 0. The molecule has 0 spiro atoms. The van der Waals surface area contributed by atoms with Crippen molar-refractivity contribution >= 4 is 17.8 Å². The van der Waals surface area contributed by atoms with Crippen molar-refractivity contribution in [3.05, 3.63) is 59.7 Å². The molecule has 1 fully saturated rings. The Kier molecular flexibility index (Phi) is 6.06. The Morgan fingerprint density at radius 3 is 2.65 bits per heavy atom. The van der Waals surface area contributed by atoms with Crippen LogP contribution in [0.1, 0.15) is 24.5 Å². The lowest BCUT2D eigenvalue weighted by molar-refractivity contribution is -0.137. The highest BCUT2D eigenvalue weighted by atomic mass is 16.7. The number of hydrogen-bond donors (Lipinski definition) is 1. The quantitative estimate of drug-likeness (QED) is 0.659. The topological polar surface area (TPSA) is 88.2 Å². The molecule has 0 radical (unpaired) electrons. The molecule has 0 saturated carbocycles. The van der Waals surface area contributed by atoms with Gasteiger partial charge in [-0.3, -0.25) is 14.5 Å². The maximum Gasteiger partial charge on any atom is 0.325 e. The van der Waals surface area contributed by atoms with Gasteiger partial charge in [0.1, 0.15) is 12.6 Å². The van der Waals surface area contributed by atoms with Crippen LogP contribution in [0.5, 0.6) is 11.5 Å². The van der Waals surface area contributed by atoms with E-state index in [4.69, 9.17) is 9.47 Å². The number of nitrogens with one attached hydrogen (secondary N) is 1. The van der Waals surface area contributed by atoms with Gasteiger partial charge in [-0.25, -0.2) is 4.79 Å². The third-order valence-corrected chi connectivity index (χ3v) is 5.51. The van der Waals surface area contributed by atoms with E-state index in [0.29, 0.717) is 37.4 Å². The molecule has 2 aliphatic heterocycles. The summed E-state index contributed by atoms with van der Waals surface area (Å²) in [5, 5.41) is 2.70. The van der Waals surface area contributed by atoms with Crippen LogP contribution in [-0.4, -0.2) is 53.6 Å². The number of fused-ring (bicyclic) bond motifs is 1. The Balaban J connectivity index is 1.35. The minimum atomic E-state index is -0.607. The maximum absolute atomic E-state index is 12.8. The fourth-order valence-corrected chi connectivity index (χ4v) is 3.75. The van der Waals surface area contributed by atoms with Crippen LogP contribution in [-0.2, 0) is 22.6 Å². The highest BCUT2D eigenvalue weighted by Crippen LogP contribution is 2.32. The van der Waals surface area contributed by atoms with Gasteiger partial charge in [-0.1, -0.05) is 36.4 Å². The summed E-state index contributed by atoms with van der Waals surface area (Å²) in [6, 6.07) is 14.2. The number of benzene rings is 2. The van der Waals surface area contributed by atoms with Gasteiger partial charge < -0.3 is 19.7 Å². The first-order valence-corrected chi connectivity index (χ1v) is 10.4. The van der Waals surface area contributed by atoms with Crippen molar-refractivity contribution in [1.29, 1.82) is 0 Å². The van der Waals surface area contributed by atoms with E-state index in [9.17, 15) is 14.4 Å². The van der Waals surface area contributed by atoms with Crippen LogP contribution >= 0.6 is 0 Å². The molecule has 0 aromatic heterocycles. The predicted molar refractivity (Wildman–Crippen MR) is 112 cm³/mol. The van der Waals surface area contributed by atoms with Crippen LogP contribution in [0.25, 0.3) is 0 Å². The number of rotatable bonds is 8. The van der Waals surface area contributed by atoms with E-state index in [2.05, 4.69) is 5.32 Å². The fourth-order valence-electron chi connectivity index (χ4n) is 3.75. The van der Waals surface area contributed by atoms with Crippen molar-refractivity contribution < 1.29 is 23.9 Å². The zero-order chi connectivity index (χ0) is 21.8. The number of likely N-dealkylation sites (N-methyl/N-ethyl adjacent to an activating group) is 1. The Bertz CT molecular complexity index is 978. The zero-order valence-corrected chi connectivity index (χ0v) is 17.4. The molecule has 4 amide bonds. The lowest BCUT2D eigenvalue weighted by Gasteiger charge is -2.23. The average Bonchev–Trinajstić information content (AvgIpc) is 3.36. The van der Waals surface area contributed by atoms with Gasteiger partial charge in [-0.2, -0.15) is 0 Å². The van der Waals surface area contributed by atoms with Crippen LogP contribution in [0.3, 0.4) is 0 Å². The second-order valence-corrected chi connectivity index (χ2v) is 7.55. The normalized spacial score (nSPS) is 17.1. The molecular weight excluding hydrogens is 398 g/mol. The molecule has 0 bridgehead atoms. The van der Waals surface area contributed by atoms with E-state index in [1.807, 2.05) is 55.5 Å². The molecule has 8 heteroatoms. The van der Waals surface area contributed by atoms with E-state index in [1.165, 1.54) is 0 Å². The summed E-state index contributed by atoms with van der Waals surface area (Å²) < 4.78 is 10.7. The summed E-state index contributed by atoms with van der Waals surface area (Å²) in [4.78, 5) is 40.5. The van der Waals surface area contributed by atoms with Crippen molar-refractivity contribution in [1.82, 2.24) is 15.1 Å². The molecule has 2 heterocycles. The predicted octanol–water partition coefficient (Wildman–Crippen LogP) is 2.32. The van der Waals surface area contributed by atoms with E-state index in [0.717, 1.165) is 16.0 Å². The first-order valence-electron chi connectivity index (χ1n) is 10.4. The molecule has 4 rings (SSSR count). The fraction of sp³-hybridized carbons (Fsp3) is 0.348. The number of imide groups is 1. The SMILES string of the molecule is CCN(Cc1ccc2c(c1)OCO2)C(=O)CN1C(=O)N[C@H](CCc2ccccc2)C1=O. The van der Waals surface area contributed by atoms with Gasteiger partial charge in [0, 0.05) is 13.1 Å². The number of urea groups is 1. The Hall–Kier alpha value is -3.55. The van der Waals surface area contributed by atoms with E-state index >= 15 is 0 Å². The number of ether oxygens (including phenoxy) is 2. The van der Waals surface area contributed by atoms with Crippen molar-refractivity contribution in [3.8, 4) is 11.5 Å². The number of carbonyl (C=O) groups excluding carboxylic acids is 3. The van der Waals surface area contributed by atoms with Crippen LogP contribution in [0.4, 0.5) is 4.79 Å². The third-order valence-electron chi connectivity index (χ3n) is 5.51. The molecular formula is C23H25N3O5. The lowest BCUT2D eigenvalue weighted by atomic mass is 10.1. The minimum absolute atomic E-state index is 0.187. The molecule has 1 N–H and O–H groups in total. The molecule has 31 heavy (non-hydrogen) atoms. The monoisotopic (exact) mass is 423 g/mol. The van der Waals surface area contributed by atoms with Crippen LogP contribution in [0, 0.1) is 0 Å². The second kappa shape index (κ2) is 9.07. The Labute approximate surface area is 180 Å². The Morgan fingerprint density at radius 2 is 1.87 bits per heavy atom. The van der Waals surface area contributed by atoms with Crippen molar-refractivity contribution in [2.24, 2.45) is 0 Å². The van der Waals surface area contributed by atoms with Crippen molar-refractivity contribution in [2.75, 3.05) is 19.9 Å². The number of carbonyl (C=O) groups is 3.